The number of rotatable bonds is 14. The van der Waals surface area contributed by atoms with Crippen LogP contribution in [-0.4, -0.2) is 38.5 Å². The van der Waals surface area contributed by atoms with Gasteiger partial charge in [-0.3, -0.25) is 0 Å². The van der Waals surface area contributed by atoms with Crippen LogP contribution in [-0.2, 0) is 22.2 Å². The largest absolute Gasteiger partial charge is 0.416 e. The number of unbranched alkanes of at least 4 members (excludes halogenated alkanes) is 2. The molecule has 34 heavy (non-hydrogen) atoms. The highest BCUT2D eigenvalue weighted by atomic mass is 32.2. The van der Waals surface area contributed by atoms with Gasteiger partial charge in [0.05, 0.1) is 35.7 Å². The van der Waals surface area contributed by atoms with E-state index in [-0.39, 0.29) is 0 Å². The molecule has 1 heterocycles. The number of aromatic nitrogens is 1. The zero-order valence-corrected chi connectivity index (χ0v) is 20.0. The number of alkyl halides is 3. The molecule has 0 radical (unpaired) electrons. The van der Waals surface area contributed by atoms with Crippen molar-refractivity contribution in [3.63, 3.8) is 0 Å². The van der Waals surface area contributed by atoms with Crippen molar-refractivity contribution in [2.24, 2.45) is 0 Å². The number of benzene rings is 2. The highest BCUT2D eigenvalue weighted by molar-refractivity contribution is 8.00. The first-order valence-corrected chi connectivity index (χ1v) is 12.0. The van der Waals surface area contributed by atoms with Gasteiger partial charge in [-0.1, -0.05) is 18.2 Å². The summed E-state index contributed by atoms with van der Waals surface area (Å²) in [5.74, 6) is 0. The van der Waals surface area contributed by atoms with Crippen LogP contribution in [0.1, 0.15) is 30.5 Å². The average molecular weight is 494 g/mol. The van der Waals surface area contributed by atoms with Crippen LogP contribution in [0.25, 0.3) is 10.9 Å². The van der Waals surface area contributed by atoms with E-state index in [1.807, 2.05) is 30.3 Å². The molecule has 2 aromatic carbocycles. The molecule has 0 saturated carbocycles. The van der Waals surface area contributed by atoms with Crippen LogP contribution in [0.15, 0.2) is 59.5 Å². The van der Waals surface area contributed by atoms with E-state index in [9.17, 15) is 13.2 Å². The normalized spacial score (nSPS) is 11.8. The van der Waals surface area contributed by atoms with Crippen LogP contribution in [0.4, 0.5) is 18.9 Å². The molecule has 184 valence electrons. The van der Waals surface area contributed by atoms with E-state index in [1.165, 1.54) is 24.1 Å². The third-order valence-corrected chi connectivity index (χ3v) is 5.95. The molecule has 2 N–H and O–H groups in total. The fourth-order valence-electron chi connectivity index (χ4n) is 3.29. The van der Waals surface area contributed by atoms with E-state index < -0.39 is 11.7 Å². The van der Waals surface area contributed by atoms with Crippen molar-refractivity contribution >= 4 is 28.5 Å². The number of ether oxygens (including phenoxy) is 2. The minimum absolute atomic E-state index is 0.630. The summed E-state index contributed by atoms with van der Waals surface area (Å²) in [6.07, 6.45) is -1.14. The van der Waals surface area contributed by atoms with Crippen LogP contribution in [0.3, 0.4) is 0 Å². The van der Waals surface area contributed by atoms with Crippen molar-refractivity contribution in [1.29, 1.82) is 0 Å². The predicted molar refractivity (Wildman–Crippen MR) is 131 cm³/mol. The van der Waals surface area contributed by atoms with Gasteiger partial charge in [0, 0.05) is 30.5 Å². The molecule has 0 aliphatic rings. The number of halogens is 3. The fraction of sp³-hybridized carbons (Fsp3) is 0.400. The molecular weight excluding hydrogens is 463 g/mol. The maximum Gasteiger partial charge on any atom is 0.416 e. The molecule has 0 atom stereocenters. The smallest absolute Gasteiger partial charge is 0.382 e. The van der Waals surface area contributed by atoms with Crippen LogP contribution < -0.4 is 10.0 Å². The molecule has 0 saturated heterocycles. The quantitative estimate of drug-likeness (QED) is 0.203. The fourth-order valence-corrected chi connectivity index (χ4v) is 3.95. The molecule has 0 amide bonds. The topological polar surface area (TPSA) is 55.4 Å². The minimum Gasteiger partial charge on any atom is -0.382 e. The second kappa shape index (κ2) is 13.5. The molecular formula is C25H30F3N3O2S. The van der Waals surface area contributed by atoms with Crippen molar-refractivity contribution in [1.82, 2.24) is 10.3 Å². The number of hydrogen-bond donors (Lipinski definition) is 2. The maximum atomic E-state index is 12.8. The summed E-state index contributed by atoms with van der Waals surface area (Å²) in [4.78, 5) is 5.48. The lowest BCUT2D eigenvalue weighted by molar-refractivity contribution is -0.137. The Bertz CT molecular complexity index is 1020. The number of hydrogen-bond acceptors (Lipinski definition) is 6. The number of pyridine rings is 1. The van der Waals surface area contributed by atoms with E-state index in [2.05, 4.69) is 10.0 Å². The molecule has 9 heteroatoms. The monoisotopic (exact) mass is 493 g/mol. The third-order valence-electron chi connectivity index (χ3n) is 5.12. The Morgan fingerprint density at radius 3 is 2.50 bits per heavy atom. The highest BCUT2D eigenvalue weighted by Crippen LogP contribution is 2.32. The van der Waals surface area contributed by atoms with Crippen molar-refractivity contribution in [3.05, 3.63) is 65.9 Å². The van der Waals surface area contributed by atoms with E-state index in [0.717, 1.165) is 66.8 Å². The molecule has 0 fully saturated rings. The van der Waals surface area contributed by atoms with E-state index in [1.54, 1.807) is 7.11 Å². The van der Waals surface area contributed by atoms with Crippen molar-refractivity contribution in [2.45, 2.75) is 36.9 Å². The SMILES string of the molecule is COCCOCCCCCNCc1ccc2cccc(NSc3ccc(C(F)(F)F)cc3)c2n1. The van der Waals surface area contributed by atoms with E-state index in [0.29, 0.717) is 24.7 Å². The minimum atomic E-state index is -4.33. The summed E-state index contributed by atoms with van der Waals surface area (Å²) in [6.45, 7) is 3.60. The Kier molecular flexibility index (Phi) is 10.5. The van der Waals surface area contributed by atoms with Gasteiger partial charge in [-0.2, -0.15) is 13.2 Å². The predicted octanol–water partition coefficient (Wildman–Crippen LogP) is 6.30. The van der Waals surface area contributed by atoms with Gasteiger partial charge in [-0.05, 0) is 74.2 Å². The zero-order valence-electron chi connectivity index (χ0n) is 19.2. The Morgan fingerprint density at radius 2 is 1.74 bits per heavy atom. The Hall–Kier alpha value is -2.33. The number of nitrogens with zero attached hydrogens (tertiary/aromatic N) is 1. The van der Waals surface area contributed by atoms with Crippen molar-refractivity contribution < 1.29 is 22.6 Å². The molecule has 5 nitrogen and oxygen atoms in total. The second-order valence-corrected chi connectivity index (χ2v) is 8.63. The van der Waals surface area contributed by atoms with Crippen LogP contribution in [0, 0.1) is 0 Å². The zero-order chi connectivity index (χ0) is 24.2. The first kappa shape index (κ1) is 26.3. The van der Waals surface area contributed by atoms with Gasteiger partial charge >= 0.3 is 6.18 Å². The third kappa shape index (κ3) is 8.47. The first-order valence-electron chi connectivity index (χ1n) is 11.2. The lowest BCUT2D eigenvalue weighted by atomic mass is 10.1. The number of nitrogens with one attached hydrogen (secondary N) is 2. The molecule has 0 bridgehead atoms. The van der Waals surface area contributed by atoms with E-state index in [4.69, 9.17) is 14.5 Å². The summed E-state index contributed by atoms with van der Waals surface area (Å²) in [7, 11) is 1.67. The molecule has 0 aliphatic carbocycles. The maximum absolute atomic E-state index is 12.8. The Labute approximate surface area is 202 Å². The molecule has 0 aliphatic heterocycles. The Balaban J connectivity index is 1.48. The van der Waals surface area contributed by atoms with Gasteiger partial charge in [0.25, 0.3) is 0 Å². The van der Waals surface area contributed by atoms with Gasteiger partial charge in [-0.15, -0.1) is 0 Å². The molecule has 0 unspecified atom stereocenters. The number of para-hydroxylation sites is 1. The lowest BCUT2D eigenvalue weighted by Gasteiger charge is -2.11. The first-order chi connectivity index (χ1) is 16.5. The molecule has 1 aromatic heterocycles. The summed E-state index contributed by atoms with van der Waals surface area (Å²) >= 11 is 1.26. The van der Waals surface area contributed by atoms with Crippen LogP contribution >= 0.6 is 11.9 Å². The summed E-state index contributed by atoms with van der Waals surface area (Å²) in [5, 5.41) is 4.43. The number of fused-ring (bicyclic) bond motifs is 1. The van der Waals surface area contributed by atoms with Crippen molar-refractivity contribution in [2.75, 3.05) is 38.2 Å². The molecule has 3 aromatic rings. The molecule has 3 rings (SSSR count). The lowest BCUT2D eigenvalue weighted by Crippen LogP contribution is -2.15. The number of anilines is 1. The second-order valence-electron chi connectivity index (χ2n) is 7.75. The van der Waals surface area contributed by atoms with Gasteiger partial charge < -0.3 is 19.5 Å². The van der Waals surface area contributed by atoms with Gasteiger partial charge in [-0.25, -0.2) is 4.98 Å². The summed E-state index contributed by atoms with van der Waals surface area (Å²) in [6, 6.07) is 15.0. The highest BCUT2D eigenvalue weighted by Gasteiger charge is 2.29. The van der Waals surface area contributed by atoms with Gasteiger partial charge in [0.2, 0.25) is 0 Å². The van der Waals surface area contributed by atoms with Crippen molar-refractivity contribution in [3.8, 4) is 0 Å². The molecule has 0 spiro atoms. The van der Waals surface area contributed by atoms with Gasteiger partial charge in [0.1, 0.15) is 0 Å². The average Bonchev–Trinajstić information content (AvgIpc) is 2.83. The number of methoxy groups -OCH3 is 1. The standard InChI is InChI=1S/C25H30F3N3O2S/c1-32-16-17-33-15-4-2-3-14-29-18-21-11-8-19-6-5-7-23(24(19)30-21)31-34-22-12-9-20(10-13-22)25(26,27)28/h5-13,29,31H,2-4,14-18H2,1H3. The van der Waals surface area contributed by atoms with E-state index >= 15 is 0 Å². The summed E-state index contributed by atoms with van der Waals surface area (Å²) in [5.41, 5.74) is 1.92. The van der Waals surface area contributed by atoms with Crippen LogP contribution in [0.5, 0.6) is 0 Å². The van der Waals surface area contributed by atoms with Crippen LogP contribution in [0.2, 0.25) is 0 Å². The summed E-state index contributed by atoms with van der Waals surface area (Å²) < 4.78 is 51.9. The van der Waals surface area contributed by atoms with Gasteiger partial charge in [0.15, 0.2) is 0 Å². The Morgan fingerprint density at radius 1 is 0.912 bits per heavy atom.